The summed E-state index contributed by atoms with van der Waals surface area (Å²) in [7, 11) is 0. The van der Waals surface area contributed by atoms with Crippen molar-refractivity contribution >= 4 is 11.9 Å². The molecule has 0 aliphatic carbocycles. The molecule has 1 aliphatic rings. The molecule has 0 aromatic carbocycles. The fraction of sp³-hybridized carbons (Fsp3) is 0.700. The van der Waals surface area contributed by atoms with Gasteiger partial charge in [-0.25, -0.2) is 4.79 Å². The number of carbonyl (C=O) groups excluding carboxylic acids is 2. The van der Waals surface area contributed by atoms with E-state index in [1.807, 2.05) is 18.2 Å². The summed E-state index contributed by atoms with van der Waals surface area (Å²) >= 11 is 0. The van der Waals surface area contributed by atoms with Crippen molar-refractivity contribution in [1.82, 2.24) is 4.90 Å². The number of rotatable bonds is 13. The first-order valence-corrected chi connectivity index (χ1v) is 9.62. The van der Waals surface area contributed by atoms with Crippen molar-refractivity contribution < 1.29 is 24.2 Å². The van der Waals surface area contributed by atoms with Crippen molar-refractivity contribution in [2.24, 2.45) is 0 Å². The molecular weight excluding hydrogens is 334 g/mol. The molecule has 0 saturated carbocycles. The number of hydrogen-bond acceptors (Lipinski definition) is 5. The minimum Gasteiger partial charge on any atom is -0.464 e. The molecule has 1 saturated heterocycles. The van der Waals surface area contributed by atoms with Gasteiger partial charge in [-0.1, -0.05) is 50.5 Å². The van der Waals surface area contributed by atoms with E-state index in [9.17, 15) is 14.7 Å². The topological polar surface area (TPSA) is 76.1 Å². The molecule has 1 fully saturated rings. The highest BCUT2D eigenvalue weighted by molar-refractivity contribution is 5.79. The predicted molar refractivity (Wildman–Crippen MR) is 101 cm³/mol. The SMILES string of the molecule is CCCCCC(O)C=C[C@H]1CCC(=O)N1CC=CCOCC(=O)OCC. The molecule has 0 aromatic heterocycles. The highest BCUT2D eigenvalue weighted by Gasteiger charge is 2.27. The first-order valence-electron chi connectivity index (χ1n) is 9.62. The third-order valence-electron chi connectivity index (χ3n) is 4.24. The number of aliphatic hydroxyl groups excluding tert-OH is 1. The van der Waals surface area contributed by atoms with E-state index >= 15 is 0 Å². The van der Waals surface area contributed by atoms with Gasteiger partial charge in [-0.15, -0.1) is 0 Å². The Morgan fingerprint density at radius 3 is 2.88 bits per heavy atom. The Morgan fingerprint density at radius 2 is 2.15 bits per heavy atom. The zero-order valence-electron chi connectivity index (χ0n) is 16.1. The summed E-state index contributed by atoms with van der Waals surface area (Å²) in [5, 5.41) is 9.99. The second kappa shape index (κ2) is 13.5. The van der Waals surface area contributed by atoms with Crippen molar-refractivity contribution in [3.05, 3.63) is 24.3 Å². The van der Waals surface area contributed by atoms with Crippen molar-refractivity contribution in [2.45, 2.75) is 64.5 Å². The van der Waals surface area contributed by atoms with E-state index in [0.29, 0.717) is 26.2 Å². The standard InChI is InChI=1S/C20H33NO5/c1-3-5-6-9-18(22)12-10-17-11-13-19(23)21(17)14-7-8-15-25-16-20(24)26-4-2/h7-8,10,12,17-18,22H,3-6,9,11,13-16H2,1-2H3/t17-,18?/m0/s1. The molecule has 0 radical (unpaired) electrons. The van der Waals surface area contributed by atoms with Crippen molar-refractivity contribution in [2.75, 3.05) is 26.4 Å². The molecule has 1 rings (SSSR count). The zero-order chi connectivity index (χ0) is 19.2. The smallest absolute Gasteiger partial charge is 0.332 e. The van der Waals surface area contributed by atoms with Gasteiger partial charge in [0.1, 0.15) is 6.61 Å². The predicted octanol–water partition coefficient (Wildman–Crippen LogP) is 2.61. The van der Waals surface area contributed by atoms with Crippen LogP contribution in [-0.2, 0) is 19.1 Å². The second-order valence-corrected chi connectivity index (χ2v) is 6.39. The normalized spacial score (nSPS) is 19.0. The molecule has 148 valence electrons. The molecular formula is C20H33NO5. The Hall–Kier alpha value is -1.66. The maximum Gasteiger partial charge on any atom is 0.332 e. The third-order valence-corrected chi connectivity index (χ3v) is 4.24. The van der Waals surface area contributed by atoms with Gasteiger partial charge in [-0.05, 0) is 19.8 Å². The number of nitrogens with zero attached hydrogens (tertiary/aromatic N) is 1. The summed E-state index contributed by atoms with van der Waals surface area (Å²) in [6, 6.07) is 0.0356. The van der Waals surface area contributed by atoms with Crippen molar-refractivity contribution in [1.29, 1.82) is 0 Å². The minimum absolute atomic E-state index is 0.0356. The average Bonchev–Trinajstić information content (AvgIpc) is 2.96. The molecule has 1 N–H and O–H groups in total. The van der Waals surface area contributed by atoms with Crippen LogP contribution in [0.3, 0.4) is 0 Å². The number of ether oxygens (including phenoxy) is 2. The van der Waals surface area contributed by atoms with E-state index < -0.39 is 6.10 Å². The number of amides is 1. The molecule has 26 heavy (non-hydrogen) atoms. The van der Waals surface area contributed by atoms with Crippen LogP contribution in [0.25, 0.3) is 0 Å². The summed E-state index contributed by atoms with van der Waals surface area (Å²) in [4.78, 5) is 25.0. The maximum atomic E-state index is 12.0. The van der Waals surface area contributed by atoms with Gasteiger partial charge in [0, 0.05) is 13.0 Å². The first-order chi connectivity index (χ1) is 12.6. The third kappa shape index (κ3) is 9.15. The Balaban J connectivity index is 2.33. The molecule has 0 bridgehead atoms. The van der Waals surface area contributed by atoms with Gasteiger partial charge in [0.05, 0.1) is 25.4 Å². The van der Waals surface area contributed by atoms with E-state index in [1.54, 1.807) is 17.9 Å². The van der Waals surface area contributed by atoms with Crippen LogP contribution in [0.5, 0.6) is 0 Å². The molecule has 1 heterocycles. The lowest BCUT2D eigenvalue weighted by Crippen LogP contribution is -2.32. The molecule has 6 nitrogen and oxygen atoms in total. The van der Waals surface area contributed by atoms with Gasteiger partial charge in [0.25, 0.3) is 0 Å². The van der Waals surface area contributed by atoms with E-state index in [4.69, 9.17) is 9.47 Å². The van der Waals surface area contributed by atoms with E-state index in [0.717, 1.165) is 32.1 Å². The molecule has 0 spiro atoms. The van der Waals surface area contributed by atoms with Gasteiger partial charge in [-0.2, -0.15) is 0 Å². The van der Waals surface area contributed by atoms with Crippen LogP contribution in [0.4, 0.5) is 0 Å². The Labute approximate surface area is 156 Å². The van der Waals surface area contributed by atoms with E-state index in [2.05, 4.69) is 6.92 Å². The van der Waals surface area contributed by atoms with Crippen LogP contribution in [0, 0.1) is 0 Å². The number of aliphatic hydroxyl groups is 1. The number of esters is 1. The number of likely N-dealkylation sites (tertiary alicyclic amines) is 1. The van der Waals surface area contributed by atoms with Gasteiger partial charge in [0.15, 0.2) is 0 Å². The number of hydrogen-bond donors (Lipinski definition) is 1. The van der Waals surface area contributed by atoms with Gasteiger partial charge < -0.3 is 19.5 Å². The second-order valence-electron chi connectivity index (χ2n) is 6.39. The van der Waals surface area contributed by atoms with Crippen LogP contribution < -0.4 is 0 Å². The Bertz CT molecular complexity index is 475. The molecule has 1 unspecified atom stereocenters. The molecule has 0 aromatic rings. The Morgan fingerprint density at radius 1 is 1.35 bits per heavy atom. The fourth-order valence-corrected chi connectivity index (χ4v) is 2.82. The van der Waals surface area contributed by atoms with Crippen LogP contribution in [0.1, 0.15) is 52.4 Å². The summed E-state index contributed by atoms with van der Waals surface area (Å²) in [6.45, 7) is 4.97. The quantitative estimate of drug-likeness (QED) is 0.308. The van der Waals surface area contributed by atoms with Crippen LogP contribution in [0.15, 0.2) is 24.3 Å². The van der Waals surface area contributed by atoms with Crippen LogP contribution >= 0.6 is 0 Å². The molecule has 2 atom stereocenters. The summed E-state index contributed by atoms with van der Waals surface area (Å²) < 4.78 is 9.95. The molecule has 1 amide bonds. The van der Waals surface area contributed by atoms with E-state index in [-0.39, 0.29) is 24.5 Å². The largest absolute Gasteiger partial charge is 0.464 e. The first kappa shape index (κ1) is 22.4. The highest BCUT2D eigenvalue weighted by atomic mass is 16.6. The fourth-order valence-electron chi connectivity index (χ4n) is 2.82. The number of carbonyl (C=O) groups is 2. The van der Waals surface area contributed by atoms with Crippen molar-refractivity contribution in [3.63, 3.8) is 0 Å². The summed E-state index contributed by atoms with van der Waals surface area (Å²) in [6.07, 6.45) is 12.4. The Kier molecular flexibility index (Phi) is 11.6. The lowest BCUT2D eigenvalue weighted by molar-refractivity contribution is -0.147. The zero-order valence-corrected chi connectivity index (χ0v) is 16.1. The summed E-state index contributed by atoms with van der Waals surface area (Å²) in [5.41, 5.74) is 0. The monoisotopic (exact) mass is 367 g/mol. The minimum atomic E-state index is -0.439. The van der Waals surface area contributed by atoms with Crippen molar-refractivity contribution in [3.8, 4) is 0 Å². The van der Waals surface area contributed by atoms with Crippen LogP contribution in [-0.4, -0.2) is 60.4 Å². The lowest BCUT2D eigenvalue weighted by Gasteiger charge is -2.21. The average molecular weight is 367 g/mol. The highest BCUT2D eigenvalue weighted by Crippen LogP contribution is 2.20. The van der Waals surface area contributed by atoms with Gasteiger partial charge >= 0.3 is 5.97 Å². The summed E-state index contributed by atoms with van der Waals surface area (Å²) in [5.74, 6) is -0.254. The van der Waals surface area contributed by atoms with Crippen LogP contribution in [0.2, 0.25) is 0 Å². The van der Waals surface area contributed by atoms with Gasteiger partial charge in [0.2, 0.25) is 5.91 Å². The maximum absolute atomic E-state index is 12.0. The number of unbranched alkanes of at least 4 members (excludes halogenated alkanes) is 2. The lowest BCUT2D eigenvalue weighted by atomic mass is 10.1. The molecule has 1 aliphatic heterocycles. The van der Waals surface area contributed by atoms with E-state index in [1.165, 1.54) is 0 Å². The van der Waals surface area contributed by atoms with Gasteiger partial charge in [-0.3, -0.25) is 4.79 Å². The molecule has 6 heteroatoms.